The topological polar surface area (TPSA) is 90.0 Å². The van der Waals surface area contributed by atoms with E-state index < -0.39 is 10.0 Å². The molecule has 0 saturated heterocycles. The van der Waals surface area contributed by atoms with Gasteiger partial charge in [0.1, 0.15) is 0 Å². The molecular formula is C15H22N4O2S. The number of hydrogen-bond acceptors (Lipinski definition) is 4. The van der Waals surface area contributed by atoms with Gasteiger partial charge in [-0.2, -0.15) is 0 Å². The van der Waals surface area contributed by atoms with Crippen LogP contribution in [-0.4, -0.2) is 24.5 Å². The number of anilines is 1. The van der Waals surface area contributed by atoms with Crippen LogP contribution in [0.4, 0.5) is 5.69 Å². The molecule has 2 rings (SSSR count). The third-order valence-corrected chi connectivity index (χ3v) is 4.49. The summed E-state index contributed by atoms with van der Waals surface area (Å²) in [4.78, 5) is 3.97. The van der Waals surface area contributed by atoms with Crippen LogP contribution in [0.5, 0.6) is 0 Å². The first-order chi connectivity index (χ1) is 10.4. The summed E-state index contributed by atoms with van der Waals surface area (Å²) in [6, 6.07) is 7.39. The average Bonchev–Trinajstić information content (AvgIpc) is 2.89. The third kappa shape index (κ3) is 4.57. The van der Waals surface area contributed by atoms with Crippen molar-refractivity contribution in [1.82, 2.24) is 14.3 Å². The van der Waals surface area contributed by atoms with Gasteiger partial charge < -0.3 is 10.3 Å². The summed E-state index contributed by atoms with van der Waals surface area (Å²) in [5.41, 5.74) is 7.34. The second-order valence-electron chi connectivity index (χ2n) is 5.69. The summed E-state index contributed by atoms with van der Waals surface area (Å²) < 4.78 is 28.7. The van der Waals surface area contributed by atoms with Crippen LogP contribution < -0.4 is 10.5 Å². The Hall–Kier alpha value is -1.86. The largest absolute Gasteiger partial charge is 0.399 e. The van der Waals surface area contributed by atoms with E-state index in [1.54, 1.807) is 29.2 Å². The molecule has 7 heteroatoms. The maximum atomic E-state index is 12.2. The summed E-state index contributed by atoms with van der Waals surface area (Å²) in [6.07, 6.45) is 3.71. The van der Waals surface area contributed by atoms with Crippen molar-refractivity contribution in [3.05, 3.63) is 42.4 Å². The predicted octanol–water partition coefficient (Wildman–Crippen LogP) is 1.64. The molecular weight excluding hydrogens is 300 g/mol. The monoisotopic (exact) mass is 322 g/mol. The molecule has 0 saturated carbocycles. The minimum absolute atomic E-state index is 0.0606. The second-order valence-corrected chi connectivity index (χ2v) is 7.41. The lowest BCUT2D eigenvalue weighted by atomic mass is 10.1. The zero-order chi connectivity index (χ0) is 16.2. The fourth-order valence-electron chi connectivity index (χ4n) is 2.09. The number of aromatic nitrogens is 2. The highest BCUT2D eigenvalue weighted by Crippen LogP contribution is 2.09. The molecule has 0 amide bonds. The standard InChI is InChI=1S/C15H22N4O2S/c1-12(2)9-19-10-15(17-11-19)22(20,21)18-8-7-13-3-5-14(16)6-4-13/h3-6,10-12,18H,7-9,16H2,1-2H3. The number of nitrogens with two attached hydrogens (primary N) is 1. The Morgan fingerprint density at radius 1 is 1.27 bits per heavy atom. The first-order valence-corrected chi connectivity index (χ1v) is 8.71. The van der Waals surface area contributed by atoms with E-state index in [0.717, 1.165) is 12.1 Å². The fraction of sp³-hybridized carbons (Fsp3) is 0.400. The number of nitrogens with zero attached hydrogens (tertiary/aromatic N) is 2. The van der Waals surface area contributed by atoms with Gasteiger partial charge >= 0.3 is 0 Å². The third-order valence-electron chi connectivity index (χ3n) is 3.15. The smallest absolute Gasteiger partial charge is 0.259 e. The summed E-state index contributed by atoms with van der Waals surface area (Å²) in [5, 5.41) is 0.0606. The molecule has 0 aliphatic carbocycles. The number of rotatable bonds is 7. The van der Waals surface area contributed by atoms with E-state index >= 15 is 0 Å². The van der Waals surface area contributed by atoms with Gasteiger partial charge in [-0.1, -0.05) is 26.0 Å². The zero-order valence-electron chi connectivity index (χ0n) is 12.9. The van der Waals surface area contributed by atoms with Crippen LogP contribution in [0.2, 0.25) is 0 Å². The molecule has 2 aromatic rings. The van der Waals surface area contributed by atoms with Crippen molar-refractivity contribution in [2.24, 2.45) is 5.92 Å². The lowest BCUT2D eigenvalue weighted by Gasteiger charge is -2.06. The van der Waals surface area contributed by atoms with Gasteiger partial charge in [-0.05, 0) is 30.0 Å². The lowest BCUT2D eigenvalue weighted by molar-refractivity contribution is 0.521. The van der Waals surface area contributed by atoms with Crippen LogP contribution in [0.1, 0.15) is 19.4 Å². The van der Waals surface area contributed by atoms with Crippen molar-refractivity contribution in [3.8, 4) is 0 Å². The Bertz CT molecular complexity index is 705. The number of imidazole rings is 1. The van der Waals surface area contributed by atoms with E-state index in [1.165, 1.54) is 0 Å². The van der Waals surface area contributed by atoms with Crippen LogP contribution >= 0.6 is 0 Å². The Balaban J connectivity index is 1.93. The van der Waals surface area contributed by atoms with E-state index in [-0.39, 0.29) is 5.03 Å². The molecule has 0 unspecified atom stereocenters. The van der Waals surface area contributed by atoms with Crippen LogP contribution in [0, 0.1) is 5.92 Å². The molecule has 22 heavy (non-hydrogen) atoms. The molecule has 120 valence electrons. The highest BCUT2D eigenvalue weighted by molar-refractivity contribution is 7.89. The van der Waals surface area contributed by atoms with Crippen LogP contribution in [-0.2, 0) is 23.0 Å². The Labute approximate surface area is 131 Å². The van der Waals surface area contributed by atoms with E-state index in [9.17, 15) is 8.42 Å². The van der Waals surface area contributed by atoms with Gasteiger partial charge in [-0.25, -0.2) is 18.1 Å². The Kier molecular flexibility index (Phi) is 5.20. The molecule has 0 aliphatic heterocycles. The molecule has 1 heterocycles. The maximum Gasteiger partial charge on any atom is 0.259 e. The fourth-order valence-corrected chi connectivity index (χ4v) is 3.07. The van der Waals surface area contributed by atoms with E-state index in [2.05, 4.69) is 23.6 Å². The summed E-state index contributed by atoms with van der Waals surface area (Å²) in [5.74, 6) is 0.434. The van der Waals surface area contributed by atoms with Crippen LogP contribution in [0.3, 0.4) is 0 Å². The molecule has 1 aromatic carbocycles. The predicted molar refractivity (Wildman–Crippen MR) is 86.8 cm³/mol. The van der Waals surface area contributed by atoms with Crippen molar-refractivity contribution in [2.45, 2.75) is 31.8 Å². The number of hydrogen-bond donors (Lipinski definition) is 2. The Morgan fingerprint density at radius 2 is 1.95 bits per heavy atom. The number of sulfonamides is 1. The molecule has 3 N–H and O–H groups in total. The molecule has 6 nitrogen and oxygen atoms in total. The van der Waals surface area contributed by atoms with E-state index in [4.69, 9.17) is 5.73 Å². The SMILES string of the molecule is CC(C)Cn1cnc(S(=O)(=O)NCCc2ccc(N)cc2)c1. The van der Waals surface area contributed by atoms with Crippen molar-refractivity contribution in [3.63, 3.8) is 0 Å². The van der Waals surface area contributed by atoms with Gasteiger partial charge in [-0.15, -0.1) is 0 Å². The molecule has 1 aromatic heterocycles. The summed E-state index contributed by atoms with van der Waals surface area (Å²) in [7, 11) is -3.56. The molecule has 0 radical (unpaired) electrons. The number of nitrogens with one attached hydrogen (secondary N) is 1. The first-order valence-electron chi connectivity index (χ1n) is 7.22. The van der Waals surface area contributed by atoms with Gasteiger partial charge in [0.05, 0.1) is 6.33 Å². The van der Waals surface area contributed by atoms with Crippen molar-refractivity contribution in [2.75, 3.05) is 12.3 Å². The number of benzene rings is 1. The molecule has 0 bridgehead atoms. The van der Waals surface area contributed by atoms with Gasteiger partial charge in [0.2, 0.25) is 0 Å². The quantitative estimate of drug-likeness (QED) is 0.758. The van der Waals surface area contributed by atoms with E-state index in [1.807, 2.05) is 12.1 Å². The second kappa shape index (κ2) is 6.93. The van der Waals surface area contributed by atoms with E-state index in [0.29, 0.717) is 24.6 Å². The number of nitrogen functional groups attached to an aromatic ring is 1. The van der Waals surface area contributed by atoms with Gasteiger partial charge in [0.15, 0.2) is 5.03 Å². The van der Waals surface area contributed by atoms with Crippen molar-refractivity contribution in [1.29, 1.82) is 0 Å². The highest BCUT2D eigenvalue weighted by atomic mass is 32.2. The first kappa shape index (κ1) is 16.5. The molecule has 0 aliphatic rings. The van der Waals surface area contributed by atoms with Gasteiger partial charge in [0.25, 0.3) is 10.0 Å². The molecule has 0 spiro atoms. The van der Waals surface area contributed by atoms with Crippen LogP contribution in [0.15, 0.2) is 41.8 Å². The summed E-state index contributed by atoms with van der Waals surface area (Å²) >= 11 is 0. The lowest BCUT2D eigenvalue weighted by Crippen LogP contribution is -2.26. The maximum absolute atomic E-state index is 12.2. The van der Waals surface area contributed by atoms with Crippen LogP contribution in [0.25, 0.3) is 0 Å². The molecule has 0 fully saturated rings. The molecule has 0 atom stereocenters. The van der Waals surface area contributed by atoms with Crippen molar-refractivity contribution >= 4 is 15.7 Å². The van der Waals surface area contributed by atoms with Gasteiger partial charge in [-0.3, -0.25) is 0 Å². The highest BCUT2D eigenvalue weighted by Gasteiger charge is 2.16. The summed E-state index contributed by atoms with van der Waals surface area (Å²) in [6.45, 7) is 5.20. The zero-order valence-corrected chi connectivity index (χ0v) is 13.7. The minimum atomic E-state index is -3.56. The minimum Gasteiger partial charge on any atom is -0.399 e. The Morgan fingerprint density at radius 3 is 2.59 bits per heavy atom. The average molecular weight is 322 g/mol. The van der Waals surface area contributed by atoms with Crippen molar-refractivity contribution < 1.29 is 8.42 Å². The normalized spacial score (nSPS) is 12.0. The van der Waals surface area contributed by atoms with Gasteiger partial charge in [0, 0.05) is 25.0 Å².